The molecule has 0 aromatic heterocycles. The first-order valence-electron chi connectivity index (χ1n) is 5.85. The quantitative estimate of drug-likeness (QED) is 0.626. The number of carboxylic acids is 1. The van der Waals surface area contributed by atoms with Gasteiger partial charge in [-0.3, -0.25) is 9.59 Å². The number of nitrogens with zero attached hydrogens (tertiary/aromatic N) is 1. The van der Waals surface area contributed by atoms with Crippen LogP contribution in [0.15, 0.2) is 18.2 Å². The van der Waals surface area contributed by atoms with E-state index in [0.717, 1.165) is 0 Å². The van der Waals surface area contributed by atoms with E-state index < -0.39 is 17.9 Å². The molecule has 1 unspecified atom stereocenters. The van der Waals surface area contributed by atoms with Gasteiger partial charge in [-0.05, 0) is 34.7 Å². The molecule has 1 aliphatic heterocycles. The second kappa shape index (κ2) is 5.78. The molecular weight excluding hydrogens is 377 g/mol. The normalized spacial score (nSPS) is 18.2. The van der Waals surface area contributed by atoms with Crippen LogP contribution in [0.1, 0.15) is 16.8 Å². The summed E-state index contributed by atoms with van der Waals surface area (Å²) in [6.07, 6.45) is 0.0384. The highest BCUT2D eigenvalue weighted by atomic mass is 127. The molecule has 1 amide bonds. The molecule has 0 aliphatic carbocycles. The third kappa shape index (κ3) is 2.62. The van der Waals surface area contributed by atoms with Crippen molar-refractivity contribution in [1.82, 2.24) is 0 Å². The van der Waals surface area contributed by atoms with Crippen LogP contribution in [-0.4, -0.2) is 36.6 Å². The molecule has 0 spiro atoms. The van der Waals surface area contributed by atoms with E-state index in [1.165, 1.54) is 18.1 Å². The molecule has 1 heterocycles. The largest absolute Gasteiger partial charge is 0.478 e. The molecule has 1 fully saturated rings. The van der Waals surface area contributed by atoms with Gasteiger partial charge < -0.3 is 14.7 Å². The van der Waals surface area contributed by atoms with E-state index in [-0.39, 0.29) is 24.4 Å². The summed E-state index contributed by atoms with van der Waals surface area (Å²) >= 11 is 1.98. The highest BCUT2D eigenvalue weighted by Gasteiger charge is 2.38. The van der Waals surface area contributed by atoms with Gasteiger partial charge in [0.05, 0.1) is 24.3 Å². The maximum absolute atomic E-state index is 12.1. The number of hydrogen-bond donors (Lipinski definition) is 1. The molecule has 2 rings (SSSR count). The molecule has 0 bridgehead atoms. The van der Waals surface area contributed by atoms with Crippen molar-refractivity contribution in [3.8, 4) is 0 Å². The molecule has 1 aromatic carbocycles. The van der Waals surface area contributed by atoms with Gasteiger partial charge in [0.1, 0.15) is 0 Å². The standard InChI is InChI=1S/C13H12INO5/c1-20-13(19)7-5-10(16)15(6-7)11-8(12(17)18)3-2-4-9(11)14/h2-4,7H,5-6H2,1H3,(H,17,18). The summed E-state index contributed by atoms with van der Waals surface area (Å²) in [6, 6.07) is 4.78. The average Bonchev–Trinajstić information content (AvgIpc) is 2.79. The Morgan fingerprint density at radius 1 is 1.45 bits per heavy atom. The molecule has 20 heavy (non-hydrogen) atoms. The minimum Gasteiger partial charge on any atom is -0.478 e. The van der Waals surface area contributed by atoms with Gasteiger partial charge in [-0.25, -0.2) is 4.79 Å². The Balaban J connectivity index is 2.40. The number of para-hydroxylation sites is 1. The molecule has 1 saturated heterocycles. The van der Waals surface area contributed by atoms with Crippen molar-refractivity contribution < 1.29 is 24.2 Å². The van der Waals surface area contributed by atoms with Crippen LogP contribution in [0.4, 0.5) is 5.69 Å². The Bertz CT molecular complexity index is 586. The highest BCUT2D eigenvalue weighted by molar-refractivity contribution is 14.1. The van der Waals surface area contributed by atoms with E-state index in [2.05, 4.69) is 4.74 Å². The van der Waals surface area contributed by atoms with Gasteiger partial charge in [0.15, 0.2) is 0 Å². The first-order chi connectivity index (χ1) is 9.45. The number of rotatable bonds is 3. The van der Waals surface area contributed by atoms with E-state index in [0.29, 0.717) is 9.26 Å². The van der Waals surface area contributed by atoms with Crippen molar-refractivity contribution in [3.05, 3.63) is 27.3 Å². The fourth-order valence-corrected chi connectivity index (χ4v) is 3.00. The van der Waals surface area contributed by atoms with Crippen molar-refractivity contribution in [1.29, 1.82) is 0 Å². The zero-order valence-corrected chi connectivity index (χ0v) is 12.8. The maximum atomic E-state index is 12.1. The summed E-state index contributed by atoms with van der Waals surface area (Å²) < 4.78 is 5.29. The second-order valence-electron chi connectivity index (χ2n) is 4.37. The summed E-state index contributed by atoms with van der Waals surface area (Å²) in [5.41, 5.74) is 0.396. The summed E-state index contributed by atoms with van der Waals surface area (Å²) in [7, 11) is 1.27. The number of carboxylic acid groups (broad SMARTS) is 1. The molecule has 0 radical (unpaired) electrons. The van der Waals surface area contributed by atoms with Gasteiger partial charge in [0.25, 0.3) is 0 Å². The van der Waals surface area contributed by atoms with E-state index in [1.54, 1.807) is 12.1 Å². The number of methoxy groups -OCH3 is 1. The second-order valence-corrected chi connectivity index (χ2v) is 5.53. The number of anilines is 1. The number of amides is 1. The lowest BCUT2D eigenvalue weighted by atomic mass is 10.1. The first kappa shape index (κ1) is 14.8. The lowest BCUT2D eigenvalue weighted by Crippen LogP contribution is -2.28. The van der Waals surface area contributed by atoms with Crippen molar-refractivity contribution in [2.45, 2.75) is 6.42 Å². The Hall–Kier alpha value is -1.64. The summed E-state index contributed by atoms with van der Waals surface area (Å²) in [4.78, 5) is 36.2. The van der Waals surface area contributed by atoms with Crippen LogP contribution < -0.4 is 4.90 Å². The average molecular weight is 389 g/mol. The summed E-state index contributed by atoms with van der Waals surface area (Å²) in [5.74, 6) is -2.38. The van der Waals surface area contributed by atoms with E-state index >= 15 is 0 Å². The molecule has 1 aliphatic rings. The van der Waals surface area contributed by atoms with Crippen LogP contribution in [0.25, 0.3) is 0 Å². The topological polar surface area (TPSA) is 83.9 Å². The van der Waals surface area contributed by atoms with Crippen molar-refractivity contribution >= 4 is 46.1 Å². The van der Waals surface area contributed by atoms with Crippen LogP contribution in [-0.2, 0) is 14.3 Å². The minimum absolute atomic E-state index is 0.0384. The molecule has 1 N–H and O–H groups in total. The third-order valence-corrected chi connectivity index (χ3v) is 4.02. The molecule has 6 nitrogen and oxygen atoms in total. The van der Waals surface area contributed by atoms with Crippen molar-refractivity contribution in [3.63, 3.8) is 0 Å². The fourth-order valence-electron chi connectivity index (χ4n) is 2.21. The van der Waals surface area contributed by atoms with Crippen LogP contribution in [0, 0.1) is 9.49 Å². The fraction of sp³-hybridized carbons (Fsp3) is 0.308. The van der Waals surface area contributed by atoms with Gasteiger partial charge in [0.2, 0.25) is 5.91 Å². The van der Waals surface area contributed by atoms with E-state index in [1.807, 2.05) is 22.6 Å². The van der Waals surface area contributed by atoms with Gasteiger partial charge in [-0.2, -0.15) is 0 Å². The Morgan fingerprint density at radius 3 is 2.75 bits per heavy atom. The van der Waals surface area contributed by atoms with Crippen molar-refractivity contribution in [2.24, 2.45) is 5.92 Å². The lowest BCUT2D eigenvalue weighted by molar-refractivity contribution is -0.145. The van der Waals surface area contributed by atoms with Gasteiger partial charge >= 0.3 is 11.9 Å². The lowest BCUT2D eigenvalue weighted by Gasteiger charge is -2.20. The van der Waals surface area contributed by atoms with Crippen LogP contribution >= 0.6 is 22.6 Å². The molecule has 7 heteroatoms. The highest BCUT2D eigenvalue weighted by Crippen LogP contribution is 2.32. The smallest absolute Gasteiger partial charge is 0.337 e. The summed E-state index contributed by atoms with van der Waals surface area (Å²) in [5, 5.41) is 9.23. The molecule has 0 saturated carbocycles. The zero-order chi connectivity index (χ0) is 14.9. The predicted octanol–water partition coefficient (Wildman–Crippen LogP) is 1.52. The number of carbonyl (C=O) groups excluding carboxylic acids is 2. The van der Waals surface area contributed by atoms with Gasteiger partial charge in [-0.15, -0.1) is 0 Å². The summed E-state index contributed by atoms with van der Waals surface area (Å²) in [6.45, 7) is 0.145. The number of aromatic carboxylic acids is 1. The maximum Gasteiger partial charge on any atom is 0.337 e. The number of esters is 1. The molecule has 1 atom stereocenters. The van der Waals surface area contributed by atoms with Gasteiger partial charge in [-0.1, -0.05) is 6.07 Å². The predicted molar refractivity (Wildman–Crippen MR) is 78.6 cm³/mol. The first-order valence-corrected chi connectivity index (χ1v) is 6.93. The number of halogens is 1. The van der Waals surface area contributed by atoms with E-state index in [9.17, 15) is 19.5 Å². The van der Waals surface area contributed by atoms with Gasteiger partial charge in [0, 0.05) is 16.5 Å². The Morgan fingerprint density at radius 2 is 2.15 bits per heavy atom. The molecule has 106 valence electrons. The number of hydrogen-bond acceptors (Lipinski definition) is 4. The van der Waals surface area contributed by atoms with Crippen LogP contribution in [0.5, 0.6) is 0 Å². The van der Waals surface area contributed by atoms with Crippen LogP contribution in [0.2, 0.25) is 0 Å². The zero-order valence-electron chi connectivity index (χ0n) is 10.6. The number of carbonyl (C=O) groups is 3. The number of benzene rings is 1. The molecular formula is C13H12INO5. The van der Waals surface area contributed by atoms with Crippen molar-refractivity contribution in [2.75, 3.05) is 18.6 Å². The monoisotopic (exact) mass is 389 g/mol. The third-order valence-electron chi connectivity index (χ3n) is 3.15. The Kier molecular flexibility index (Phi) is 4.26. The Labute approximate surface area is 128 Å². The SMILES string of the molecule is COC(=O)C1CC(=O)N(c2c(I)cccc2C(=O)O)C1. The molecule has 1 aromatic rings. The minimum atomic E-state index is -1.10. The number of ether oxygens (including phenoxy) is 1. The van der Waals surface area contributed by atoms with Crippen LogP contribution in [0.3, 0.4) is 0 Å². The van der Waals surface area contributed by atoms with E-state index in [4.69, 9.17) is 0 Å².